The normalized spacial score (nSPS) is 15.7. The lowest BCUT2D eigenvalue weighted by Gasteiger charge is -2.21. The smallest absolute Gasteiger partial charge is 0.213 e. The van der Waals surface area contributed by atoms with Gasteiger partial charge in [0.05, 0.1) is 6.61 Å². The molecule has 0 aromatic carbocycles. The molecule has 0 amide bonds. The number of pyridine rings is 1. The summed E-state index contributed by atoms with van der Waals surface area (Å²) in [6.45, 7) is 11.6. The first-order valence-corrected chi connectivity index (χ1v) is 10.4. The van der Waals surface area contributed by atoms with Crippen LogP contribution in [0.25, 0.3) is 0 Å². The number of guanidine groups is 1. The van der Waals surface area contributed by atoms with Crippen molar-refractivity contribution >= 4 is 5.96 Å². The molecule has 1 fully saturated rings. The molecule has 1 saturated carbocycles. The van der Waals surface area contributed by atoms with Gasteiger partial charge in [0.25, 0.3) is 0 Å². The molecule has 0 aliphatic heterocycles. The molecule has 1 aromatic rings. The van der Waals surface area contributed by atoms with Crippen molar-refractivity contribution in [1.29, 1.82) is 0 Å². The minimum atomic E-state index is 0.390. The van der Waals surface area contributed by atoms with E-state index < -0.39 is 0 Å². The average Bonchev–Trinajstić information content (AvgIpc) is 3.51. The van der Waals surface area contributed by atoms with E-state index in [0.717, 1.165) is 50.1 Å². The summed E-state index contributed by atoms with van der Waals surface area (Å²) in [5.41, 5.74) is 1.15. The Morgan fingerprint density at radius 1 is 1.37 bits per heavy atom. The first kappa shape index (κ1) is 21.5. The Morgan fingerprint density at radius 3 is 2.81 bits per heavy atom. The maximum atomic E-state index is 5.76. The maximum Gasteiger partial charge on any atom is 0.213 e. The van der Waals surface area contributed by atoms with E-state index in [9.17, 15) is 0 Å². The fraction of sp³-hybridized carbons (Fsp3) is 0.714. The van der Waals surface area contributed by atoms with Crippen LogP contribution in [0.3, 0.4) is 0 Å². The van der Waals surface area contributed by atoms with Crippen LogP contribution in [-0.4, -0.2) is 55.2 Å². The van der Waals surface area contributed by atoms with Gasteiger partial charge < -0.3 is 20.3 Å². The molecule has 6 nitrogen and oxygen atoms in total. The van der Waals surface area contributed by atoms with Crippen LogP contribution >= 0.6 is 0 Å². The molecule has 1 aliphatic carbocycles. The predicted molar refractivity (Wildman–Crippen MR) is 112 cm³/mol. The van der Waals surface area contributed by atoms with Gasteiger partial charge in [0, 0.05) is 31.9 Å². The summed E-state index contributed by atoms with van der Waals surface area (Å²) >= 11 is 0. The lowest BCUT2D eigenvalue weighted by atomic mass is 10.2. The topological polar surface area (TPSA) is 61.8 Å². The largest absolute Gasteiger partial charge is 0.477 e. The standard InChI is InChI=1S/C21H37N5O/c1-5-26(6-2)13-7-8-17(3)25-21(22-4)24-15-19-11-12-23-20(14-19)27-16-18-9-10-18/h11-12,14,17-18H,5-10,13,15-16H2,1-4H3,(H2,22,24,25). The molecule has 2 rings (SSSR count). The molecule has 152 valence electrons. The zero-order valence-electron chi connectivity index (χ0n) is 17.5. The maximum absolute atomic E-state index is 5.76. The van der Waals surface area contributed by atoms with Crippen molar-refractivity contribution in [2.45, 2.75) is 59.0 Å². The van der Waals surface area contributed by atoms with E-state index in [1.165, 1.54) is 19.3 Å². The van der Waals surface area contributed by atoms with E-state index in [2.05, 4.69) is 46.3 Å². The van der Waals surface area contributed by atoms with Gasteiger partial charge in [-0.2, -0.15) is 0 Å². The Kier molecular flexibility index (Phi) is 9.39. The van der Waals surface area contributed by atoms with Crippen LogP contribution in [0.15, 0.2) is 23.3 Å². The van der Waals surface area contributed by atoms with Crippen LogP contribution in [-0.2, 0) is 6.54 Å². The number of hydrogen-bond acceptors (Lipinski definition) is 4. The van der Waals surface area contributed by atoms with Gasteiger partial charge in [-0.05, 0) is 69.8 Å². The van der Waals surface area contributed by atoms with Gasteiger partial charge in [0.1, 0.15) is 0 Å². The van der Waals surface area contributed by atoms with Crippen LogP contribution in [0.2, 0.25) is 0 Å². The number of hydrogen-bond donors (Lipinski definition) is 2. The van der Waals surface area contributed by atoms with Crippen molar-refractivity contribution in [3.63, 3.8) is 0 Å². The summed E-state index contributed by atoms with van der Waals surface area (Å²) in [6.07, 6.45) is 6.71. The second-order valence-corrected chi connectivity index (χ2v) is 7.40. The third kappa shape index (κ3) is 8.61. The van der Waals surface area contributed by atoms with Gasteiger partial charge in [-0.15, -0.1) is 0 Å². The average molecular weight is 376 g/mol. The molecule has 1 unspecified atom stereocenters. The highest BCUT2D eigenvalue weighted by atomic mass is 16.5. The summed E-state index contributed by atoms with van der Waals surface area (Å²) in [7, 11) is 1.81. The summed E-state index contributed by atoms with van der Waals surface area (Å²) in [5, 5.41) is 6.87. The van der Waals surface area contributed by atoms with Crippen molar-refractivity contribution in [2.75, 3.05) is 33.3 Å². The lowest BCUT2D eigenvalue weighted by molar-refractivity contribution is 0.288. The third-order valence-corrected chi connectivity index (χ3v) is 5.04. The zero-order valence-corrected chi connectivity index (χ0v) is 17.5. The molecule has 0 spiro atoms. The van der Waals surface area contributed by atoms with Gasteiger partial charge in [-0.25, -0.2) is 4.98 Å². The molecule has 0 radical (unpaired) electrons. The molecule has 0 bridgehead atoms. The Labute approximate surface area is 164 Å². The van der Waals surface area contributed by atoms with E-state index in [1.54, 1.807) is 0 Å². The SMILES string of the molecule is CCN(CC)CCCC(C)NC(=NC)NCc1ccnc(OCC2CC2)c1. The molecule has 0 saturated heterocycles. The molecule has 27 heavy (non-hydrogen) atoms. The highest BCUT2D eigenvalue weighted by molar-refractivity contribution is 5.79. The van der Waals surface area contributed by atoms with Crippen LogP contribution < -0.4 is 15.4 Å². The Hall–Kier alpha value is -1.82. The fourth-order valence-corrected chi connectivity index (χ4v) is 2.97. The Morgan fingerprint density at radius 2 is 2.15 bits per heavy atom. The number of aromatic nitrogens is 1. The quantitative estimate of drug-likeness (QED) is 0.434. The van der Waals surface area contributed by atoms with Crippen molar-refractivity contribution in [2.24, 2.45) is 10.9 Å². The van der Waals surface area contributed by atoms with Crippen molar-refractivity contribution < 1.29 is 4.74 Å². The molecule has 1 heterocycles. The number of ether oxygens (including phenoxy) is 1. The summed E-state index contributed by atoms with van der Waals surface area (Å²) < 4.78 is 5.76. The van der Waals surface area contributed by atoms with E-state index >= 15 is 0 Å². The Balaban J connectivity index is 1.70. The molecule has 1 aromatic heterocycles. The van der Waals surface area contributed by atoms with Gasteiger partial charge in [0.2, 0.25) is 5.88 Å². The fourth-order valence-electron chi connectivity index (χ4n) is 2.97. The highest BCUT2D eigenvalue weighted by Gasteiger charge is 2.22. The van der Waals surface area contributed by atoms with Crippen LogP contribution in [0.5, 0.6) is 5.88 Å². The first-order valence-electron chi connectivity index (χ1n) is 10.4. The minimum Gasteiger partial charge on any atom is -0.477 e. The number of rotatable bonds is 12. The monoisotopic (exact) mass is 375 g/mol. The van der Waals surface area contributed by atoms with Crippen molar-refractivity contribution in [3.05, 3.63) is 23.9 Å². The van der Waals surface area contributed by atoms with Gasteiger partial charge in [-0.1, -0.05) is 13.8 Å². The van der Waals surface area contributed by atoms with Gasteiger partial charge >= 0.3 is 0 Å². The predicted octanol–water partition coefficient (Wildman–Crippen LogP) is 3.05. The van der Waals surface area contributed by atoms with E-state index in [0.29, 0.717) is 18.5 Å². The van der Waals surface area contributed by atoms with Crippen LogP contribution in [0.4, 0.5) is 0 Å². The van der Waals surface area contributed by atoms with E-state index in [-0.39, 0.29) is 0 Å². The summed E-state index contributed by atoms with van der Waals surface area (Å²) in [4.78, 5) is 11.1. The number of nitrogens with zero attached hydrogens (tertiary/aromatic N) is 3. The molecule has 1 atom stereocenters. The van der Waals surface area contributed by atoms with E-state index in [4.69, 9.17) is 4.74 Å². The second kappa shape index (κ2) is 11.8. The summed E-state index contributed by atoms with van der Waals surface area (Å²) in [5.74, 6) is 2.29. The van der Waals surface area contributed by atoms with Crippen LogP contribution in [0, 0.1) is 5.92 Å². The Bertz CT molecular complexity index is 569. The summed E-state index contributed by atoms with van der Waals surface area (Å²) in [6, 6.07) is 4.41. The molecular formula is C21H37N5O. The molecule has 6 heteroatoms. The zero-order chi connectivity index (χ0) is 19.5. The minimum absolute atomic E-state index is 0.390. The van der Waals surface area contributed by atoms with Crippen molar-refractivity contribution in [3.8, 4) is 5.88 Å². The van der Waals surface area contributed by atoms with Gasteiger partial charge in [-0.3, -0.25) is 4.99 Å². The van der Waals surface area contributed by atoms with Crippen LogP contribution in [0.1, 0.15) is 52.0 Å². The lowest BCUT2D eigenvalue weighted by Crippen LogP contribution is -2.42. The highest BCUT2D eigenvalue weighted by Crippen LogP contribution is 2.29. The molecule has 1 aliphatic rings. The first-order chi connectivity index (χ1) is 13.1. The molecular weight excluding hydrogens is 338 g/mol. The van der Waals surface area contributed by atoms with E-state index in [1.807, 2.05) is 25.4 Å². The second-order valence-electron chi connectivity index (χ2n) is 7.40. The number of nitrogens with one attached hydrogen (secondary N) is 2. The van der Waals surface area contributed by atoms with Gasteiger partial charge in [0.15, 0.2) is 5.96 Å². The van der Waals surface area contributed by atoms with Crippen molar-refractivity contribution in [1.82, 2.24) is 20.5 Å². The number of aliphatic imine (C=N–C) groups is 1. The molecule has 2 N–H and O–H groups in total. The third-order valence-electron chi connectivity index (χ3n) is 5.04.